The van der Waals surface area contributed by atoms with Gasteiger partial charge in [-0.05, 0) is 49.1 Å². The summed E-state index contributed by atoms with van der Waals surface area (Å²) in [5.74, 6) is 0.105. The van der Waals surface area contributed by atoms with Crippen LogP contribution in [0.15, 0.2) is 59.5 Å². The molecule has 0 unspecified atom stereocenters. The molecule has 3 rings (SSSR count). The van der Waals surface area contributed by atoms with Crippen LogP contribution in [0.3, 0.4) is 0 Å². The summed E-state index contributed by atoms with van der Waals surface area (Å²) in [6, 6.07) is 15.5. The first-order valence-corrected chi connectivity index (χ1v) is 10.4. The van der Waals surface area contributed by atoms with Crippen LogP contribution in [0, 0.1) is 5.92 Å². The molecule has 1 heterocycles. The summed E-state index contributed by atoms with van der Waals surface area (Å²) in [5, 5.41) is 3.41. The van der Waals surface area contributed by atoms with Crippen molar-refractivity contribution in [3.8, 4) is 0 Å². The Morgan fingerprint density at radius 3 is 2.42 bits per heavy atom. The predicted molar refractivity (Wildman–Crippen MR) is 103 cm³/mol. The fourth-order valence-electron chi connectivity index (χ4n) is 3.14. The van der Waals surface area contributed by atoms with Crippen LogP contribution in [-0.4, -0.2) is 31.7 Å². The zero-order chi connectivity index (χ0) is 18.6. The van der Waals surface area contributed by atoms with E-state index in [1.807, 2.05) is 0 Å². The molecule has 0 aromatic heterocycles. The number of carbonyl (C=O) groups is 1. The molecule has 5 nitrogen and oxygen atoms in total. The Morgan fingerprint density at radius 2 is 1.77 bits per heavy atom. The molecule has 1 saturated heterocycles. The number of hydrogen-bond acceptors (Lipinski definition) is 3. The van der Waals surface area contributed by atoms with Gasteiger partial charge in [-0.3, -0.25) is 4.79 Å². The lowest BCUT2D eigenvalue weighted by molar-refractivity contribution is -0.117. The maximum atomic E-state index is 12.6. The van der Waals surface area contributed by atoms with Crippen molar-refractivity contribution in [2.24, 2.45) is 5.92 Å². The molecule has 0 saturated carbocycles. The Hall–Kier alpha value is -1.89. The summed E-state index contributed by atoms with van der Waals surface area (Å²) in [4.78, 5) is 12.5. The zero-order valence-corrected chi connectivity index (χ0v) is 15.8. The van der Waals surface area contributed by atoms with Gasteiger partial charge in [-0.25, -0.2) is 8.42 Å². The molecule has 0 atom stereocenters. The number of anilines is 1. The van der Waals surface area contributed by atoms with Crippen molar-refractivity contribution >= 4 is 33.2 Å². The van der Waals surface area contributed by atoms with Crippen LogP contribution in [0.2, 0.25) is 5.02 Å². The average Bonchev–Trinajstić information content (AvgIpc) is 2.63. The number of nitrogens with one attached hydrogen (secondary N) is 1. The van der Waals surface area contributed by atoms with Gasteiger partial charge in [-0.15, -0.1) is 0 Å². The molecule has 7 heteroatoms. The van der Waals surface area contributed by atoms with Gasteiger partial charge in [0.25, 0.3) is 0 Å². The van der Waals surface area contributed by atoms with E-state index in [2.05, 4.69) is 5.32 Å². The number of amides is 1. The molecule has 0 spiro atoms. The maximum absolute atomic E-state index is 12.6. The van der Waals surface area contributed by atoms with E-state index in [4.69, 9.17) is 11.6 Å². The van der Waals surface area contributed by atoms with Gasteiger partial charge in [0.15, 0.2) is 0 Å². The molecule has 1 aliphatic rings. The molecule has 0 aliphatic carbocycles. The van der Waals surface area contributed by atoms with E-state index in [-0.39, 0.29) is 11.8 Å². The van der Waals surface area contributed by atoms with E-state index < -0.39 is 10.0 Å². The first-order valence-electron chi connectivity index (χ1n) is 8.56. The number of piperidine rings is 1. The lowest BCUT2D eigenvalue weighted by atomic mass is 9.94. The van der Waals surface area contributed by atoms with Crippen molar-refractivity contribution in [3.05, 3.63) is 59.6 Å². The van der Waals surface area contributed by atoms with Gasteiger partial charge < -0.3 is 5.32 Å². The normalized spacial score (nSPS) is 16.3. The zero-order valence-electron chi connectivity index (χ0n) is 14.3. The number of sulfonamides is 1. The highest BCUT2D eigenvalue weighted by molar-refractivity contribution is 7.89. The summed E-state index contributed by atoms with van der Waals surface area (Å²) in [7, 11) is -3.45. The van der Waals surface area contributed by atoms with E-state index >= 15 is 0 Å². The number of rotatable bonds is 5. The van der Waals surface area contributed by atoms with Crippen molar-refractivity contribution in [3.63, 3.8) is 0 Å². The predicted octanol–water partition coefficient (Wildman–Crippen LogP) is 3.77. The number of carbonyl (C=O) groups excluding carboxylic acids is 1. The Bertz CT molecular complexity index is 863. The highest BCUT2D eigenvalue weighted by Crippen LogP contribution is 2.26. The van der Waals surface area contributed by atoms with Gasteiger partial charge in [0.2, 0.25) is 15.9 Å². The van der Waals surface area contributed by atoms with Gasteiger partial charge in [0.05, 0.1) is 4.90 Å². The van der Waals surface area contributed by atoms with Crippen LogP contribution in [0.4, 0.5) is 5.69 Å². The molecule has 1 aliphatic heterocycles. The smallest absolute Gasteiger partial charge is 0.243 e. The van der Waals surface area contributed by atoms with Crippen molar-refractivity contribution < 1.29 is 13.2 Å². The summed E-state index contributed by atoms with van der Waals surface area (Å²) >= 11 is 5.92. The van der Waals surface area contributed by atoms with E-state index in [0.29, 0.717) is 48.0 Å². The highest BCUT2D eigenvalue weighted by Gasteiger charge is 2.30. The van der Waals surface area contributed by atoms with Gasteiger partial charge in [-0.1, -0.05) is 35.9 Å². The topological polar surface area (TPSA) is 66.5 Å². The van der Waals surface area contributed by atoms with Crippen LogP contribution in [-0.2, 0) is 14.8 Å². The molecule has 1 fully saturated rings. The largest absolute Gasteiger partial charge is 0.326 e. The maximum Gasteiger partial charge on any atom is 0.243 e. The standard InChI is InChI=1S/C19H21ClN2O3S/c20-16-5-4-6-17(14-16)21-19(23)13-15-9-11-22(12-10-15)26(24,25)18-7-2-1-3-8-18/h1-8,14-15H,9-13H2,(H,21,23). The third kappa shape index (κ3) is 4.63. The third-order valence-corrected chi connectivity index (χ3v) is 6.68. The minimum Gasteiger partial charge on any atom is -0.326 e. The Balaban J connectivity index is 1.53. The first-order chi connectivity index (χ1) is 12.4. The van der Waals surface area contributed by atoms with Gasteiger partial charge in [0, 0.05) is 30.2 Å². The van der Waals surface area contributed by atoms with E-state index in [0.717, 1.165) is 0 Å². The molecule has 2 aromatic carbocycles. The molecule has 0 bridgehead atoms. The SMILES string of the molecule is O=C(CC1CCN(S(=O)(=O)c2ccccc2)CC1)Nc1cccc(Cl)c1. The number of nitrogens with zero attached hydrogens (tertiary/aromatic N) is 1. The molecule has 0 radical (unpaired) electrons. The second kappa shape index (κ2) is 8.20. The average molecular weight is 393 g/mol. The Kier molecular flexibility index (Phi) is 5.96. The van der Waals surface area contributed by atoms with Crippen molar-refractivity contribution in [1.82, 2.24) is 4.31 Å². The highest BCUT2D eigenvalue weighted by atomic mass is 35.5. The van der Waals surface area contributed by atoms with Crippen molar-refractivity contribution in [2.75, 3.05) is 18.4 Å². The second-order valence-electron chi connectivity index (χ2n) is 6.42. The van der Waals surface area contributed by atoms with Gasteiger partial charge in [0.1, 0.15) is 0 Å². The van der Waals surface area contributed by atoms with Crippen LogP contribution < -0.4 is 5.32 Å². The van der Waals surface area contributed by atoms with Gasteiger partial charge >= 0.3 is 0 Å². The monoisotopic (exact) mass is 392 g/mol. The number of halogens is 1. The summed E-state index contributed by atoms with van der Waals surface area (Å²) in [6.45, 7) is 0.874. The summed E-state index contributed by atoms with van der Waals surface area (Å²) < 4.78 is 26.8. The second-order valence-corrected chi connectivity index (χ2v) is 8.80. The summed E-state index contributed by atoms with van der Waals surface area (Å²) in [6.07, 6.45) is 1.73. The molecular formula is C19H21ClN2O3S. The van der Waals surface area contributed by atoms with Crippen LogP contribution >= 0.6 is 11.6 Å². The molecule has 138 valence electrons. The number of benzene rings is 2. The van der Waals surface area contributed by atoms with Gasteiger partial charge in [-0.2, -0.15) is 4.31 Å². The third-order valence-electron chi connectivity index (χ3n) is 4.54. The lowest BCUT2D eigenvalue weighted by Gasteiger charge is -2.31. The van der Waals surface area contributed by atoms with Crippen LogP contribution in [0.25, 0.3) is 0 Å². The summed E-state index contributed by atoms with van der Waals surface area (Å²) in [5.41, 5.74) is 0.673. The van der Waals surface area contributed by atoms with Crippen molar-refractivity contribution in [2.45, 2.75) is 24.2 Å². The van der Waals surface area contributed by atoms with E-state index in [9.17, 15) is 13.2 Å². The molecule has 2 aromatic rings. The Morgan fingerprint density at radius 1 is 1.08 bits per heavy atom. The minimum absolute atomic E-state index is 0.0726. The molecular weight excluding hydrogens is 372 g/mol. The van der Waals surface area contributed by atoms with Crippen LogP contribution in [0.1, 0.15) is 19.3 Å². The lowest BCUT2D eigenvalue weighted by Crippen LogP contribution is -2.39. The molecule has 1 amide bonds. The molecule has 1 N–H and O–H groups in total. The fourth-order valence-corrected chi connectivity index (χ4v) is 4.82. The fraction of sp³-hybridized carbons (Fsp3) is 0.316. The van der Waals surface area contributed by atoms with E-state index in [1.165, 1.54) is 4.31 Å². The molecule has 26 heavy (non-hydrogen) atoms. The minimum atomic E-state index is -3.45. The van der Waals surface area contributed by atoms with Crippen molar-refractivity contribution in [1.29, 1.82) is 0 Å². The first kappa shape index (κ1) is 18.9. The van der Waals surface area contributed by atoms with Crippen LogP contribution in [0.5, 0.6) is 0 Å². The van der Waals surface area contributed by atoms with E-state index in [1.54, 1.807) is 54.6 Å². The quantitative estimate of drug-likeness (QED) is 0.842. The number of hydrogen-bond donors (Lipinski definition) is 1. The Labute approximate surface area is 159 Å².